The van der Waals surface area contributed by atoms with Crippen LogP contribution in [0.5, 0.6) is 0 Å². The standard InChI is InChI=1S/C18H34O3Si/c1-4-19-22(6-3,20-5-2)21-15-18(16-11-7-8-12-16)17-13-9-10-14-17/h6,16-18H,3-5,7-15H2,1-2H3. The van der Waals surface area contributed by atoms with Gasteiger partial charge in [0.15, 0.2) is 0 Å². The summed E-state index contributed by atoms with van der Waals surface area (Å²) in [7, 11) is -2.67. The highest BCUT2D eigenvalue weighted by Crippen LogP contribution is 2.42. The Labute approximate surface area is 137 Å². The summed E-state index contributed by atoms with van der Waals surface area (Å²) in [6.45, 7) is 9.97. The second-order valence-electron chi connectivity index (χ2n) is 6.74. The molecule has 0 saturated heterocycles. The minimum absolute atomic E-state index is 0.621. The fraction of sp³-hybridized carbons (Fsp3) is 0.889. The molecule has 22 heavy (non-hydrogen) atoms. The van der Waals surface area contributed by atoms with E-state index in [2.05, 4.69) is 6.58 Å². The largest absolute Gasteiger partial charge is 0.529 e. The van der Waals surface area contributed by atoms with Crippen molar-refractivity contribution in [2.24, 2.45) is 17.8 Å². The summed E-state index contributed by atoms with van der Waals surface area (Å²) in [6, 6.07) is 0. The van der Waals surface area contributed by atoms with E-state index in [-0.39, 0.29) is 0 Å². The van der Waals surface area contributed by atoms with Gasteiger partial charge in [0.05, 0.1) is 0 Å². The van der Waals surface area contributed by atoms with E-state index in [4.69, 9.17) is 13.3 Å². The molecule has 0 amide bonds. The third kappa shape index (κ3) is 4.67. The number of hydrogen-bond donors (Lipinski definition) is 0. The van der Waals surface area contributed by atoms with Gasteiger partial charge < -0.3 is 13.3 Å². The zero-order valence-corrected chi connectivity index (χ0v) is 15.5. The van der Waals surface area contributed by atoms with E-state index >= 15 is 0 Å². The lowest BCUT2D eigenvalue weighted by Gasteiger charge is -2.33. The number of rotatable bonds is 10. The van der Waals surface area contributed by atoms with Crippen LogP contribution < -0.4 is 0 Å². The van der Waals surface area contributed by atoms with E-state index in [9.17, 15) is 0 Å². The summed E-state index contributed by atoms with van der Waals surface area (Å²) in [5.41, 5.74) is 1.81. The van der Waals surface area contributed by atoms with E-state index in [1.54, 1.807) is 5.70 Å². The maximum Gasteiger partial charge on any atom is 0.529 e. The maximum absolute atomic E-state index is 6.32. The highest BCUT2D eigenvalue weighted by atomic mass is 28.4. The molecule has 4 heteroatoms. The fourth-order valence-electron chi connectivity index (χ4n) is 4.34. The summed E-state index contributed by atoms with van der Waals surface area (Å²) < 4.78 is 18.1. The summed E-state index contributed by atoms with van der Waals surface area (Å²) in [5, 5.41) is 0. The Kier molecular flexibility index (Phi) is 7.61. The molecule has 2 rings (SSSR count). The van der Waals surface area contributed by atoms with Crippen LogP contribution in [0.2, 0.25) is 0 Å². The zero-order valence-electron chi connectivity index (χ0n) is 14.5. The first-order valence-corrected chi connectivity index (χ1v) is 11.1. The Morgan fingerprint density at radius 3 is 1.73 bits per heavy atom. The Morgan fingerprint density at radius 2 is 1.36 bits per heavy atom. The highest BCUT2D eigenvalue weighted by Gasteiger charge is 2.41. The monoisotopic (exact) mass is 326 g/mol. The quantitative estimate of drug-likeness (QED) is 0.543. The van der Waals surface area contributed by atoms with Crippen molar-refractivity contribution < 1.29 is 13.3 Å². The van der Waals surface area contributed by atoms with Gasteiger partial charge in [-0.2, -0.15) is 0 Å². The average Bonchev–Trinajstić information content (AvgIpc) is 3.21. The van der Waals surface area contributed by atoms with Crippen LogP contribution in [0.4, 0.5) is 0 Å². The zero-order chi connectivity index (χ0) is 15.8. The Morgan fingerprint density at radius 1 is 0.909 bits per heavy atom. The lowest BCUT2D eigenvalue weighted by Crippen LogP contribution is -2.46. The summed E-state index contributed by atoms with van der Waals surface area (Å²) in [5.74, 6) is 2.39. The van der Waals surface area contributed by atoms with Gasteiger partial charge in [-0.1, -0.05) is 57.9 Å². The van der Waals surface area contributed by atoms with Crippen LogP contribution >= 0.6 is 0 Å². The van der Waals surface area contributed by atoms with Crippen molar-refractivity contribution in [3.8, 4) is 0 Å². The molecule has 0 spiro atoms. The van der Waals surface area contributed by atoms with Crippen LogP contribution in [0, 0.1) is 17.8 Å². The van der Waals surface area contributed by atoms with Crippen LogP contribution in [-0.2, 0) is 13.3 Å². The molecule has 0 heterocycles. The van der Waals surface area contributed by atoms with Crippen molar-refractivity contribution in [3.63, 3.8) is 0 Å². The van der Waals surface area contributed by atoms with Gasteiger partial charge in [-0.15, -0.1) is 0 Å². The fourth-order valence-corrected chi connectivity index (χ4v) is 6.18. The van der Waals surface area contributed by atoms with Crippen LogP contribution in [0.15, 0.2) is 12.3 Å². The van der Waals surface area contributed by atoms with Gasteiger partial charge in [0.25, 0.3) is 0 Å². The van der Waals surface area contributed by atoms with E-state index in [1.807, 2.05) is 13.8 Å². The van der Waals surface area contributed by atoms with Gasteiger partial charge in [0, 0.05) is 19.8 Å². The highest BCUT2D eigenvalue weighted by molar-refractivity contribution is 6.66. The molecule has 0 unspecified atom stereocenters. The molecule has 0 aliphatic heterocycles. The van der Waals surface area contributed by atoms with Crippen molar-refractivity contribution >= 4 is 8.80 Å². The van der Waals surface area contributed by atoms with Crippen molar-refractivity contribution in [2.45, 2.75) is 65.2 Å². The van der Waals surface area contributed by atoms with Crippen molar-refractivity contribution in [2.75, 3.05) is 19.8 Å². The normalized spacial score (nSPS) is 21.0. The topological polar surface area (TPSA) is 27.7 Å². The van der Waals surface area contributed by atoms with Gasteiger partial charge in [0.2, 0.25) is 0 Å². The second-order valence-corrected chi connectivity index (χ2v) is 9.22. The second kappa shape index (κ2) is 9.21. The molecule has 3 nitrogen and oxygen atoms in total. The summed E-state index contributed by atoms with van der Waals surface area (Å²) in [6.07, 6.45) is 11.1. The molecule has 0 N–H and O–H groups in total. The Bertz CT molecular complexity index is 300. The third-order valence-corrected chi connectivity index (χ3v) is 7.88. The molecular weight excluding hydrogens is 292 g/mol. The summed E-state index contributed by atoms with van der Waals surface area (Å²) in [4.78, 5) is 0. The first kappa shape index (κ1) is 18.2. The molecule has 0 aromatic heterocycles. The van der Waals surface area contributed by atoms with Gasteiger partial charge in [0.1, 0.15) is 0 Å². The van der Waals surface area contributed by atoms with E-state index < -0.39 is 8.80 Å². The first-order chi connectivity index (χ1) is 10.7. The average molecular weight is 327 g/mol. The van der Waals surface area contributed by atoms with Gasteiger partial charge in [-0.25, -0.2) is 0 Å². The molecule has 2 fully saturated rings. The van der Waals surface area contributed by atoms with Crippen molar-refractivity contribution in [1.29, 1.82) is 0 Å². The molecule has 2 saturated carbocycles. The third-order valence-electron chi connectivity index (χ3n) is 5.43. The van der Waals surface area contributed by atoms with Crippen LogP contribution in [0.25, 0.3) is 0 Å². The minimum Gasteiger partial charge on any atom is -0.371 e. The molecule has 0 bridgehead atoms. The van der Waals surface area contributed by atoms with Crippen molar-refractivity contribution in [1.82, 2.24) is 0 Å². The predicted molar refractivity (Wildman–Crippen MR) is 92.6 cm³/mol. The molecule has 0 aromatic rings. The molecule has 2 aliphatic carbocycles. The number of hydrogen-bond acceptors (Lipinski definition) is 3. The Balaban J connectivity index is 1.99. The van der Waals surface area contributed by atoms with Crippen molar-refractivity contribution in [3.05, 3.63) is 12.3 Å². The van der Waals surface area contributed by atoms with Gasteiger partial charge in [-0.05, 0) is 37.3 Å². The molecule has 0 atom stereocenters. The Hall–Kier alpha value is -0.163. The van der Waals surface area contributed by atoms with Crippen LogP contribution in [0.3, 0.4) is 0 Å². The first-order valence-electron chi connectivity index (χ1n) is 9.30. The lowest BCUT2D eigenvalue weighted by atomic mass is 9.80. The lowest BCUT2D eigenvalue weighted by molar-refractivity contribution is 0.0431. The van der Waals surface area contributed by atoms with E-state index in [0.717, 1.165) is 18.4 Å². The van der Waals surface area contributed by atoms with E-state index in [1.165, 1.54) is 51.4 Å². The van der Waals surface area contributed by atoms with Crippen LogP contribution in [-0.4, -0.2) is 28.6 Å². The van der Waals surface area contributed by atoms with Gasteiger partial charge in [-0.3, -0.25) is 0 Å². The molecule has 128 valence electrons. The van der Waals surface area contributed by atoms with E-state index in [0.29, 0.717) is 19.1 Å². The molecule has 0 aromatic carbocycles. The van der Waals surface area contributed by atoms with Gasteiger partial charge >= 0.3 is 8.80 Å². The SMILES string of the molecule is C=C[Si](OCC)(OCC)OCC(C1CCCC1)C1CCCC1. The predicted octanol–water partition coefficient (Wildman–Crippen LogP) is 4.74. The van der Waals surface area contributed by atoms with Crippen LogP contribution in [0.1, 0.15) is 65.2 Å². The summed E-state index contributed by atoms with van der Waals surface area (Å²) >= 11 is 0. The minimum atomic E-state index is -2.67. The maximum atomic E-state index is 6.32. The molecule has 2 aliphatic rings. The smallest absolute Gasteiger partial charge is 0.371 e. The molecule has 0 radical (unpaired) electrons. The molecular formula is C18H34O3Si.